The lowest BCUT2D eigenvalue weighted by Gasteiger charge is -2.31. The van der Waals surface area contributed by atoms with Crippen molar-refractivity contribution in [1.82, 2.24) is 10.2 Å². The van der Waals surface area contributed by atoms with E-state index in [1.165, 1.54) is 12.8 Å². The predicted octanol–water partition coefficient (Wildman–Crippen LogP) is 2.01. The molecule has 0 spiro atoms. The van der Waals surface area contributed by atoms with Crippen LogP contribution in [0.1, 0.15) is 25.3 Å². The van der Waals surface area contributed by atoms with E-state index in [1.807, 2.05) is 30.3 Å². The number of hydrogen-bond acceptors (Lipinski definition) is 4. The zero-order valence-electron chi connectivity index (χ0n) is 13.2. The largest absolute Gasteiger partial charge is 0.445 e. The van der Waals surface area contributed by atoms with Gasteiger partial charge in [-0.05, 0) is 37.4 Å². The summed E-state index contributed by atoms with van der Waals surface area (Å²) in [6.45, 7) is 5.38. The third kappa shape index (κ3) is 6.03. The van der Waals surface area contributed by atoms with E-state index in [-0.39, 0.29) is 13.2 Å². The van der Waals surface area contributed by atoms with Crippen molar-refractivity contribution < 1.29 is 14.6 Å². The number of alkyl carbamates (subject to hydrolysis) is 1. The smallest absolute Gasteiger partial charge is 0.407 e. The topological polar surface area (TPSA) is 61.8 Å². The van der Waals surface area contributed by atoms with Gasteiger partial charge in [0.15, 0.2) is 0 Å². The number of carbonyl (C=O) groups is 1. The van der Waals surface area contributed by atoms with Gasteiger partial charge in [0.05, 0.1) is 6.10 Å². The molecule has 0 aromatic heterocycles. The molecule has 0 bridgehead atoms. The van der Waals surface area contributed by atoms with E-state index < -0.39 is 12.2 Å². The lowest BCUT2D eigenvalue weighted by Crippen LogP contribution is -2.43. The molecule has 1 heterocycles. The lowest BCUT2D eigenvalue weighted by molar-refractivity contribution is 0.0855. The minimum absolute atomic E-state index is 0.222. The molecule has 1 aromatic rings. The van der Waals surface area contributed by atoms with Crippen molar-refractivity contribution in [3.05, 3.63) is 35.9 Å². The zero-order valence-corrected chi connectivity index (χ0v) is 13.2. The maximum atomic E-state index is 11.6. The molecule has 1 aliphatic heterocycles. The summed E-state index contributed by atoms with van der Waals surface area (Å²) in [5, 5.41) is 12.6. The monoisotopic (exact) mass is 306 g/mol. The average Bonchev–Trinajstić information content (AvgIpc) is 2.54. The first-order valence-electron chi connectivity index (χ1n) is 7.98. The molecule has 1 aliphatic rings. The number of nitrogens with zero attached hydrogens (tertiary/aromatic N) is 1. The number of likely N-dealkylation sites (tertiary alicyclic amines) is 1. The van der Waals surface area contributed by atoms with Gasteiger partial charge in [-0.1, -0.05) is 37.3 Å². The van der Waals surface area contributed by atoms with Crippen LogP contribution in [0, 0.1) is 5.92 Å². The maximum Gasteiger partial charge on any atom is 0.407 e. The van der Waals surface area contributed by atoms with Gasteiger partial charge in [-0.2, -0.15) is 0 Å². The van der Waals surface area contributed by atoms with Crippen LogP contribution in [0.15, 0.2) is 30.3 Å². The average molecular weight is 306 g/mol. The van der Waals surface area contributed by atoms with Crippen LogP contribution in [0.2, 0.25) is 0 Å². The summed E-state index contributed by atoms with van der Waals surface area (Å²) in [5.74, 6) is 0.777. The van der Waals surface area contributed by atoms with Crippen molar-refractivity contribution in [3.63, 3.8) is 0 Å². The van der Waals surface area contributed by atoms with Crippen molar-refractivity contribution in [2.45, 2.75) is 32.5 Å². The Bertz CT molecular complexity index is 444. The first-order valence-corrected chi connectivity index (χ1v) is 7.98. The number of aliphatic hydroxyl groups is 1. The lowest BCUT2D eigenvalue weighted by atomic mass is 9.99. The van der Waals surface area contributed by atoms with Crippen LogP contribution in [0.3, 0.4) is 0 Å². The van der Waals surface area contributed by atoms with Crippen LogP contribution < -0.4 is 5.32 Å². The fourth-order valence-electron chi connectivity index (χ4n) is 2.58. The molecule has 1 amide bonds. The number of β-amino-alcohol motifs (C(OH)–C–C–N with tert-alkyl or cyclic N) is 1. The molecule has 122 valence electrons. The van der Waals surface area contributed by atoms with Gasteiger partial charge in [0.2, 0.25) is 0 Å². The van der Waals surface area contributed by atoms with Gasteiger partial charge in [0.1, 0.15) is 6.61 Å². The first kappa shape index (κ1) is 16.8. The standard InChI is InChI=1S/C17H26N2O3/c1-14-7-9-19(10-8-14)12-16(20)11-18-17(21)22-13-15-5-3-2-4-6-15/h2-6,14,16,20H,7-13H2,1H3,(H,18,21). The highest BCUT2D eigenvalue weighted by Crippen LogP contribution is 2.15. The Morgan fingerprint density at radius 3 is 2.73 bits per heavy atom. The zero-order chi connectivity index (χ0) is 15.8. The molecule has 2 N–H and O–H groups in total. The Balaban J connectivity index is 1.59. The van der Waals surface area contributed by atoms with Crippen LogP contribution >= 0.6 is 0 Å². The number of amides is 1. The van der Waals surface area contributed by atoms with E-state index in [1.54, 1.807) is 0 Å². The van der Waals surface area contributed by atoms with Crippen LogP contribution in [0.5, 0.6) is 0 Å². The fourth-order valence-corrected chi connectivity index (χ4v) is 2.58. The molecule has 1 aromatic carbocycles. The minimum Gasteiger partial charge on any atom is -0.445 e. The van der Waals surface area contributed by atoms with Gasteiger partial charge in [-0.3, -0.25) is 0 Å². The molecule has 1 saturated heterocycles. The molecule has 1 atom stereocenters. The molecule has 0 radical (unpaired) electrons. The first-order chi connectivity index (χ1) is 10.6. The van der Waals surface area contributed by atoms with Gasteiger partial charge in [0.25, 0.3) is 0 Å². The molecule has 22 heavy (non-hydrogen) atoms. The van der Waals surface area contributed by atoms with E-state index in [0.717, 1.165) is 24.6 Å². The van der Waals surface area contributed by atoms with Crippen LogP contribution in [-0.2, 0) is 11.3 Å². The van der Waals surface area contributed by atoms with Crippen molar-refractivity contribution in [2.75, 3.05) is 26.2 Å². The molecule has 0 aliphatic carbocycles. The molecule has 1 unspecified atom stereocenters. The summed E-state index contributed by atoms with van der Waals surface area (Å²) >= 11 is 0. The second kappa shape index (κ2) is 8.76. The van der Waals surface area contributed by atoms with Gasteiger partial charge in [0, 0.05) is 13.1 Å². The van der Waals surface area contributed by atoms with Crippen molar-refractivity contribution in [3.8, 4) is 0 Å². The third-order valence-corrected chi connectivity index (χ3v) is 4.04. The molecular formula is C17H26N2O3. The number of carbonyl (C=O) groups excluding carboxylic acids is 1. The van der Waals surface area contributed by atoms with Crippen molar-refractivity contribution in [1.29, 1.82) is 0 Å². The molecular weight excluding hydrogens is 280 g/mol. The van der Waals surface area contributed by atoms with E-state index in [2.05, 4.69) is 17.1 Å². The number of aliphatic hydroxyl groups excluding tert-OH is 1. The van der Waals surface area contributed by atoms with Gasteiger partial charge < -0.3 is 20.1 Å². The maximum absolute atomic E-state index is 11.6. The van der Waals surface area contributed by atoms with Gasteiger partial charge in [-0.15, -0.1) is 0 Å². The number of benzene rings is 1. The highest BCUT2D eigenvalue weighted by atomic mass is 16.5. The normalized spacial score (nSPS) is 17.9. The number of ether oxygens (including phenoxy) is 1. The molecule has 2 rings (SSSR count). The Labute approximate surface area is 132 Å². The van der Waals surface area contributed by atoms with Crippen LogP contribution in [0.25, 0.3) is 0 Å². The summed E-state index contributed by atoms with van der Waals surface area (Å²) in [7, 11) is 0. The number of hydrogen-bond donors (Lipinski definition) is 2. The molecule has 5 nitrogen and oxygen atoms in total. The summed E-state index contributed by atoms with van der Waals surface area (Å²) in [4.78, 5) is 13.8. The Morgan fingerprint density at radius 2 is 2.05 bits per heavy atom. The second-order valence-electron chi connectivity index (χ2n) is 6.08. The predicted molar refractivity (Wildman–Crippen MR) is 85.5 cm³/mol. The number of piperidine rings is 1. The van der Waals surface area contributed by atoms with E-state index in [9.17, 15) is 9.90 Å². The summed E-state index contributed by atoms with van der Waals surface area (Å²) in [5.41, 5.74) is 0.945. The minimum atomic E-state index is -0.558. The summed E-state index contributed by atoms with van der Waals surface area (Å²) in [6, 6.07) is 9.53. The quantitative estimate of drug-likeness (QED) is 0.844. The Hall–Kier alpha value is -1.59. The van der Waals surface area contributed by atoms with Crippen molar-refractivity contribution in [2.24, 2.45) is 5.92 Å². The Kier molecular flexibility index (Phi) is 6.68. The molecule has 1 fully saturated rings. The summed E-state index contributed by atoms with van der Waals surface area (Å²) in [6.07, 6.45) is 1.31. The summed E-state index contributed by atoms with van der Waals surface area (Å²) < 4.78 is 5.11. The van der Waals surface area contributed by atoms with E-state index >= 15 is 0 Å². The number of nitrogens with one attached hydrogen (secondary N) is 1. The molecule has 5 heteroatoms. The highest BCUT2D eigenvalue weighted by molar-refractivity contribution is 5.67. The van der Waals surface area contributed by atoms with Crippen LogP contribution in [-0.4, -0.2) is 48.4 Å². The SMILES string of the molecule is CC1CCN(CC(O)CNC(=O)OCc2ccccc2)CC1. The number of rotatable bonds is 6. The van der Waals surface area contributed by atoms with Crippen LogP contribution in [0.4, 0.5) is 4.79 Å². The highest BCUT2D eigenvalue weighted by Gasteiger charge is 2.18. The van der Waals surface area contributed by atoms with Gasteiger partial charge >= 0.3 is 6.09 Å². The van der Waals surface area contributed by atoms with E-state index in [0.29, 0.717) is 6.54 Å². The molecule has 0 saturated carbocycles. The second-order valence-corrected chi connectivity index (χ2v) is 6.08. The van der Waals surface area contributed by atoms with Crippen molar-refractivity contribution >= 4 is 6.09 Å². The van der Waals surface area contributed by atoms with Gasteiger partial charge in [-0.25, -0.2) is 4.79 Å². The fraction of sp³-hybridized carbons (Fsp3) is 0.588. The Morgan fingerprint density at radius 1 is 1.36 bits per heavy atom. The van der Waals surface area contributed by atoms with E-state index in [4.69, 9.17) is 4.74 Å². The third-order valence-electron chi connectivity index (χ3n) is 4.04.